The summed E-state index contributed by atoms with van der Waals surface area (Å²) >= 11 is 3.22. The summed E-state index contributed by atoms with van der Waals surface area (Å²) in [5.74, 6) is 0.0237. The van der Waals surface area contributed by atoms with E-state index >= 15 is 0 Å². The number of nitrogens with zero attached hydrogens (tertiary/aromatic N) is 2. The van der Waals surface area contributed by atoms with Crippen LogP contribution < -0.4 is 0 Å². The van der Waals surface area contributed by atoms with Crippen molar-refractivity contribution in [2.45, 2.75) is 23.8 Å². The maximum Gasteiger partial charge on any atom is 0.243 e. The fourth-order valence-electron chi connectivity index (χ4n) is 2.57. The van der Waals surface area contributed by atoms with Crippen LogP contribution in [-0.2, 0) is 19.6 Å². The van der Waals surface area contributed by atoms with Gasteiger partial charge in [0, 0.05) is 23.5 Å². The Hall–Kier alpha value is -1.27. The topological polar surface area (TPSA) is 87.5 Å². The van der Waals surface area contributed by atoms with Crippen LogP contribution in [0, 0.1) is 17.2 Å². The Kier molecular flexibility index (Phi) is 4.56. The molecule has 0 amide bonds. The lowest BCUT2D eigenvalue weighted by atomic mass is 10.1. The van der Waals surface area contributed by atoms with Gasteiger partial charge in [0.05, 0.1) is 23.1 Å². The van der Waals surface area contributed by atoms with Crippen LogP contribution >= 0.6 is 15.9 Å². The molecule has 23 heavy (non-hydrogen) atoms. The van der Waals surface area contributed by atoms with Gasteiger partial charge in [-0.3, -0.25) is 4.79 Å². The summed E-state index contributed by atoms with van der Waals surface area (Å²) in [5.41, 5.74) is 0.261. The Morgan fingerprint density at radius 1 is 1.35 bits per heavy atom. The van der Waals surface area contributed by atoms with Crippen LogP contribution in [0.2, 0.25) is 0 Å². The summed E-state index contributed by atoms with van der Waals surface area (Å²) in [4.78, 5) is 12.2. The second kappa shape index (κ2) is 6.32. The van der Waals surface area contributed by atoms with Crippen molar-refractivity contribution in [1.29, 1.82) is 5.26 Å². The highest BCUT2D eigenvalue weighted by Crippen LogP contribution is 2.33. The first-order chi connectivity index (χ1) is 10.9. The molecular weight excluding hydrogens is 384 g/mol. The fourth-order valence-corrected chi connectivity index (χ4v) is 4.71. The molecule has 1 saturated heterocycles. The molecule has 0 aromatic heterocycles. The molecule has 8 heteroatoms. The number of hydrogen-bond acceptors (Lipinski definition) is 5. The number of carbonyl (C=O) groups is 1. The minimum Gasteiger partial charge on any atom is -0.368 e. The molecule has 2 aliphatic rings. The Bertz CT molecular complexity index is 783. The number of hydrogen-bond donors (Lipinski definition) is 0. The summed E-state index contributed by atoms with van der Waals surface area (Å²) in [6.07, 6.45) is 1.04. The molecule has 1 saturated carbocycles. The lowest BCUT2D eigenvalue weighted by Crippen LogP contribution is -2.48. The van der Waals surface area contributed by atoms with E-state index in [1.165, 1.54) is 16.4 Å². The van der Waals surface area contributed by atoms with Gasteiger partial charge in [0.15, 0.2) is 5.78 Å². The van der Waals surface area contributed by atoms with Crippen LogP contribution in [0.5, 0.6) is 0 Å². The number of ketones is 1. The summed E-state index contributed by atoms with van der Waals surface area (Å²) in [5, 5.41) is 9.00. The average Bonchev–Trinajstić information content (AvgIpc) is 3.38. The zero-order valence-corrected chi connectivity index (χ0v) is 14.6. The number of nitriles is 1. The molecule has 1 aromatic carbocycles. The molecule has 0 spiro atoms. The second-order valence-electron chi connectivity index (χ2n) is 5.69. The number of halogens is 1. The second-order valence-corrected chi connectivity index (χ2v) is 8.54. The number of morpholine rings is 1. The monoisotopic (exact) mass is 398 g/mol. The van der Waals surface area contributed by atoms with Gasteiger partial charge >= 0.3 is 0 Å². The van der Waals surface area contributed by atoms with Gasteiger partial charge in [-0.25, -0.2) is 8.42 Å². The lowest BCUT2D eigenvalue weighted by molar-refractivity contribution is -0.135. The first-order valence-electron chi connectivity index (χ1n) is 7.28. The molecule has 0 unspecified atom stereocenters. The molecule has 122 valence electrons. The van der Waals surface area contributed by atoms with Crippen LogP contribution in [0.1, 0.15) is 18.4 Å². The molecule has 1 atom stereocenters. The third-order valence-electron chi connectivity index (χ3n) is 3.96. The standard InChI is InChI=1S/C15H15BrN2O4S/c16-12-5-10(8-17)6-13(7-12)23(20,21)18-3-4-22-14(9-18)15(19)11-1-2-11/h5-7,11,14H,1-4,9H2/t14-/m1/s1. The molecule has 0 bridgehead atoms. The van der Waals surface area contributed by atoms with E-state index in [0.717, 1.165) is 12.8 Å². The van der Waals surface area contributed by atoms with Crippen molar-refractivity contribution in [3.63, 3.8) is 0 Å². The molecule has 2 fully saturated rings. The van der Waals surface area contributed by atoms with Gasteiger partial charge in [-0.2, -0.15) is 9.57 Å². The molecule has 1 aliphatic carbocycles. The number of rotatable bonds is 4. The highest BCUT2D eigenvalue weighted by atomic mass is 79.9. The first-order valence-corrected chi connectivity index (χ1v) is 9.51. The van der Waals surface area contributed by atoms with E-state index in [9.17, 15) is 13.2 Å². The largest absolute Gasteiger partial charge is 0.368 e. The number of sulfonamides is 1. The molecular formula is C15H15BrN2O4S. The third kappa shape index (κ3) is 3.48. The van der Waals surface area contributed by atoms with E-state index in [2.05, 4.69) is 15.9 Å². The van der Waals surface area contributed by atoms with E-state index in [1.807, 2.05) is 6.07 Å². The quantitative estimate of drug-likeness (QED) is 0.769. The van der Waals surface area contributed by atoms with Crippen LogP contribution in [0.15, 0.2) is 27.6 Å². The molecule has 1 aromatic rings. The van der Waals surface area contributed by atoms with E-state index in [-0.39, 0.29) is 41.9 Å². The highest BCUT2D eigenvalue weighted by Gasteiger charge is 2.40. The number of carbonyl (C=O) groups excluding carboxylic acids is 1. The number of benzene rings is 1. The molecule has 6 nitrogen and oxygen atoms in total. The van der Waals surface area contributed by atoms with Crippen molar-refractivity contribution in [2.24, 2.45) is 5.92 Å². The normalized spacial score (nSPS) is 22.5. The predicted octanol–water partition coefficient (Wildman–Crippen LogP) is 1.69. The average molecular weight is 399 g/mol. The molecule has 0 N–H and O–H groups in total. The third-order valence-corrected chi connectivity index (χ3v) is 6.27. The van der Waals surface area contributed by atoms with E-state index in [0.29, 0.717) is 4.47 Å². The van der Waals surface area contributed by atoms with Gasteiger partial charge in [-0.05, 0) is 31.0 Å². The summed E-state index contributed by atoms with van der Waals surface area (Å²) in [6, 6.07) is 6.30. The number of ether oxygens (including phenoxy) is 1. The van der Waals surface area contributed by atoms with Crippen molar-refractivity contribution in [3.8, 4) is 6.07 Å². The van der Waals surface area contributed by atoms with Gasteiger partial charge in [0.2, 0.25) is 10.0 Å². The number of Topliss-reactive ketones (excluding diaryl/α,β-unsaturated/α-hetero) is 1. The maximum absolute atomic E-state index is 12.8. The van der Waals surface area contributed by atoms with Crippen LogP contribution in [0.4, 0.5) is 0 Å². The van der Waals surface area contributed by atoms with Crippen molar-refractivity contribution >= 4 is 31.7 Å². The smallest absolute Gasteiger partial charge is 0.243 e. The minimum absolute atomic E-state index is 0.00291. The van der Waals surface area contributed by atoms with E-state index in [4.69, 9.17) is 10.00 Å². The Morgan fingerprint density at radius 3 is 2.74 bits per heavy atom. The van der Waals surface area contributed by atoms with Gasteiger partial charge in [-0.1, -0.05) is 15.9 Å². The van der Waals surface area contributed by atoms with Gasteiger partial charge in [-0.15, -0.1) is 0 Å². The van der Waals surface area contributed by atoms with Crippen molar-refractivity contribution in [2.75, 3.05) is 19.7 Å². The SMILES string of the molecule is N#Cc1cc(Br)cc(S(=O)(=O)N2CCO[C@@H](C(=O)C3CC3)C2)c1. The summed E-state index contributed by atoms with van der Waals surface area (Å²) < 4.78 is 32.8. The van der Waals surface area contributed by atoms with E-state index in [1.54, 1.807) is 6.07 Å². The van der Waals surface area contributed by atoms with Gasteiger partial charge < -0.3 is 4.74 Å². The lowest BCUT2D eigenvalue weighted by Gasteiger charge is -2.31. The molecule has 3 rings (SSSR count). The van der Waals surface area contributed by atoms with Crippen molar-refractivity contribution in [3.05, 3.63) is 28.2 Å². The zero-order valence-electron chi connectivity index (χ0n) is 12.2. The van der Waals surface area contributed by atoms with Crippen LogP contribution in [0.25, 0.3) is 0 Å². The van der Waals surface area contributed by atoms with E-state index < -0.39 is 16.1 Å². The van der Waals surface area contributed by atoms with Crippen molar-refractivity contribution < 1.29 is 17.9 Å². The summed E-state index contributed by atoms with van der Waals surface area (Å²) in [7, 11) is -3.77. The fraction of sp³-hybridized carbons (Fsp3) is 0.467. The zero-order chi connectivity index (χ0) is 16.6. The Morgan fingerprint density at radius 2 is 2.09 bits per heavy atom. The molecule has 1 aliphatic heterocycles. The maximum atomic E-state index is 12.8. The van der Waals surface area contributed by atoms with Crippen molar-refractivity contribution in [1.82, 2.24) is 4.31 Å². The first kappa shape index (κ1) is 16.6. The van der Waals surface area contributed by atoms with Gasteiger partial charge in [0.1, 0.15) is 6.10 Å². The van der Waals surface area contributed by atoms with Gasteiger partial charge in [0.25, 0.3) is 0 Å². The van der Waals surface area contributed by atoms with Crippen LogP contribution in [0.3, 0.4) is 0 Å². The molecule has 0 radical (unpaired) electrons. The minimum atomic E-state index is -3.77. The van der Waals surface area contributed by atoms with Crippen LogP contribution in [-0.4, -0.2) is 44.3 Å². The predicted molar refractivity (Wildman–Crippen MR) is 85.1 cm³/mol. The Labute approximate surface area is 143 Å². The Balaban J connectivity index is 1.85. The summed E-state index contributed by atoms with van der Waals surface area (Å²) in [6.45, 7) is 0.429. The highest BCUT2D eigenvalue weighted by molar-refractivity contribution is 9.10. The molecule has 1 heterocycles.